The second kappa shape index (κ2) is 8.39. The first-order valence-electron chi connectivity index (χ1n) is 6.72. The van der Waals surface area contributed by atoms with Crippen LogP contribution in [0, 0.1) is 0 Å². The van der Waals surface area contributed by atoms with Gasteiger partial charge in [0.2, 0.25) is 0 Å². The van der Waals surface area contributed by atoms with E-state index in [1.54, 1.807) is 24.3 Å². The zero-order chi connectivity index (χ0) is 17.5. The van der Waals surface area contributed by atoms with Crippen LogP contribution in [0.4, 0.5) is 14.5 Å². The molecule has 0 aliphatic carbocycles. The minimum Gasteiger partial charge on any atom is -0.452 e. The van der Waals surface area contributed by atoms with Gasteiger partial charge in [-0.2, -0.15) is 8.78 Å². The molecule has 0 atom stereocenters. The van der Waals surface area contributed by atoms with E-state index in [2.05, 4.69) is 26.0 Å². The Kier molecular flexibility index (Phi) is 6.25. The number of hydrogen-bond donors (Lipinski definition) is 1. The zero-order valence-corrected chi connectivity index (χ0v) is 13.8. The summed E-state index contributed by atoms with van der Waals surface area (Å²) in [7, 11) is 0. The zero-order valence-electron chi connectivity index (χ0n) is 12.2. The first-order chi connectivity index (χ1) is 11.5. The van der Waals surface area contributed by atoms with Crippen molar-refractivity contribution in [2.24, 2.45) is 0 Å². The average Bonchev–Trinajstić information content (AvgIpc) is 2.52. The van der Waals surface area contributed by atoms with Gasteiger partial charge in [-0.15, -0.1) is 0 Å². The molecule has 1 N–H and O–H groups in total. The summed E-state index contributed by atoms with van der Waals surface area (Å²) in [6.07, 6.45) is 0. The Hall–Kier alpha value is -2.48. The van der Waals surface area contributed by atoms with E-state index in [1.807, 2.05) is 0 Å². The molecule has 0 spiro atoms. The van der Waals surface area contributed by atoms with E-state index in [0.717, 1.165) is 4.47 Å². The number of carbonyl (C=O) groups is 2. The number of alkyl halides is 2. The smallest absolute Gasteiger partial charge is 0.387 e. The molecule has 0 fully saturated rings. The molecule has 0 heterocycles. The molecule has 0 aliphatic heterocycles. The van der Waals surface area contributed by atoms with Crippen LogP contribution in [-0.2, 0) is 9.53 Å². The van der Waals surface area contributed by atoms with E-state index in [4.69, 9.17) is 4.74 Å². The Bertz CT molecular complexity index is 740. The minimum atomic E-state index is -3.07. The van der Waals surface area contributed by atoms with E-state index in [0.29, 0.717) is 5.69 Å². The quantitative estimate of drug-likeness (QED) is 0.749. The standard InChI is InChI=1S/C16H12BrF2NO4/c17-10-4-3-5-11(8-10)20-14(21)9-23-15(22)12-6-1-2-7-13(12)24-16(18)19/h1-8,16H,9H2,(H,20,21). The van der Waals surface area contributed by atoms with Gasteiger partial charge in [0.1, 0.15) is 11.3 Å². The highest BCUT2D eigenvalue weighted by Crippen LogP contribution is 2.21. The molecular formula is C16H12BrF2NO4. The number of nitrogens with one attached hydrogen (secondary N) is 1. The van der Waals surface area contributed by atoms with Crippen LogP contribution in [-0.4, -0.2) is 25.1 Å². The van der Waals surface area contributed by atoms with E-state index in [1.165, 1.54) is 24.3 Å². The van der Waals surface area contributed by atoms with E-state index in [9.17, 15) is 18.4 Å². The monoisotopic (exact) mass is 399 g/mol. The molecule has 2 aromatic rings. The lowest BCUT2D eigenvalue weighted by Crippen LogP contribution is -2.21. The molecule has 126 valence electrons. The van der Waals surface area contributed by atoms with Crippen molar-refractivity contribution in [2.45, 2.75) is 6.61 Å². The third kappa shape index (κ3) is 5.31. The molecule has 2 rings (SSSR count). The Morgan fingerprint density at radius 2 is 1.88 bits per heavy atom. The van der Waals surface area contributed by atoms with Crippen molar-refractivity contribution >= 4 is 33.5 Å². The molecular weight excluding hydrogens is 388 g/mol. The molecule has 0 aliphatic rings. The van der Waals surface area contributed by atoms with Gasteiger partial charge < -0.3 is 14.8 Å². The fraction of sp³-hybridized carbons (Fsp3) is 0.125. The van der Waals surface area contributed by atoms with Crippen LogP contribution in [0.25, 0.3) is 0 Å². The lowest BCUT2D eigenvalue weighted by Gasteiger charge is -2.10. The first-order valence-corrected chi connectivity index (χ1v) is 7.51. The van der Waals surface area contributed by atoms with Crippen LogP contribution < -0.4 is 10.1 Å². The van der Waals surface area contributed by atoms with Gasteiger partial charge in [-0.25, -0.2) is 4.79 Å². The van der Waals surface area contributed by atoms with E-state index < -0.39 is 25.1 Å². The van der Waals surface area contributed by atoms with Crippen LogP contribution in [0.1, 0.15) is 10.4 Å². The van der Waals surface area contributed by atoms with Crippen molar-refractivity contribution in [3.8, 4) is 5.75 Å². The topological polar surface area (TPSA) is 64.6 Å². The normalized spacial score (nSPS) is 10.3. The maximum Gasteiger partial charge on any atom is 0.387 e. The van der Waals surface area contributed by atoms with Crippen molar-refractivity contribution in [3.05, 3.63) is 58.6 Å². The summed E-state index contributed by atoms with van der Waals surface area (Å²) in [6, 6.07) is 12.2. The van der Waals surface area contributed by atoms with Crippen molar-refractivity contribution in [1.29, 1.82) is 0 Å². The number of hydrogen-bond acceptors (Lipinski definition) is 4. The largest absolute Gasteiger partial charge is 0.452 e. The number of benzene rings is 2. The van der Waals surface area contributed by atoms with Crippen LogP contribution in [0.15, 0.2) is 53.0 Å². The van der Waals surface area contributed by atoms with Crippen LogP contribution in [0.2, 0.25) is 0 Å². The van der Waals surface area contributed by atoms with Crippen LogP contribution in [0.5, 0.6) is 5.75 Å². The fourth-order valence-electron chi connectivity index (χ4n) is 1.81. The van der Waals surface area contributed by atoms with Gasteiger partial charge >= 0.3 is 12.6 Å². The lowest BCUT2D eigenvalue weighted by atomic mass is 10.2. The summed E-state index contributed by atoms with van der Waals surface area (Å²) in [5, 5.41) is 2.54. The molecule has 0 aromatic heterocycles. The fourth-order valence-corrected chi connectivity index (χ4v) is 2.21. The molecule has 8 heteroatoms. The number of carbonyl (C=O) groups excluding carboxylic acids is 2. The van der Waals surface area contributed by atoms with Gasteiger partial charge in [0.05, 0.1) is 0 Å². The molecule has 0 saturated heterocycles. The highest BCUT2D eigenvalue weighted by atomic mass is 79.9. The molecule has 5 nitrogen and oxygen atoms in total. The second-order valence-electron chi connectivity index (χ2n) is 4.51. The number of anilines is 1. The third-order valence-electron chi connectivity index (χ3n) is 2.77. The molecule has 0 unspecified atom stereocenters. The van der Waals surface area contributed by atoms with Gasteiger partial charge in [-0.1, -0.05) is 34.1 Å². The van der Waals surface area contributed by atoms with Crippen molar-refractivity contribution in [2.75, 3.05) is 11.9 Å². The number of para-hydroxylation sites is 1. The van der Waals surface area contributed by atoms with Gasteiger partial charge in [0.25, 0.3) is 5.91 Å². The molecule has 24 heavy (non-hydrogen) atoms. The number of ether oxygens (including phenoxy) is 2. The highest BCUT2D eigenvalue weighted by Gasteiger charge is 2.17. The summed E-state index contributed by atoms with van der Waals surface area (Å²) < 4.78 is 34.5. The number of esters is 1. The molecule has 0 bridgehead atoms. The van der Waals surface area contributed by atoms with Crippen LogP contribution in [0.3, 0.4) is 0 Å². The molecule has 0 radical (unpaired) electrons. The number of rotatable bonds is 6. The molecule has 0 saturated carbocycles. The SMILES string of the molecule is O=C(COC(=O)c1ccccc1OC(F)F)Nc1cccc(Br)c1. The maximum atomic E-state index is 12.3. The second-order valence-corrected chi connectivity index (χ2v) is 5.42. The van der Waals surface area contributed by atoms with Crippen molar-refractivity contribution < 1.29 is 27.8 Å². The van der Waals surface area contributed by atoms with Gasteiger partial charge in [0.15, 0.2) is 6.61 Å². The Balaban J connectivity index is 1.94. The minimum absolute atomic E-state index is 0.187. The summed E-state index contributed by atoms with van der Waals surface area (Å²) in [5.41, 5.74) is 0.333. The Morgan fingerprint density at radius 3 is 2.58 bits per heavy atom. The molecule has 1 amide bonds. The van der Waals surface area contributed by atoms with Gasteiger partial charge in [-0.3, -0.25) is 4.79 Å². The highest BCUT2D eigenvalue weighted by molar-refractivity contribution is 9.10. The summed E-state index contributed by atoms with van der Waals surface area (Å²) in [5.74, 6) is -1.81. The number of amides is 1. The number of halogens is 3. The predicted octanol–water partition coefficient (Wildman–Crippen LogP) is 3.85. The average molecular weight is 400 g/mol. The lowest BCUT2D eigenvalue weighted by molar-refractivity contribution is -0.119. The maximum absolute atomic E-state index is 12.3. The third-order valence-corrected chi connectivity index (χ3v) is 3.26. The summed E-state index contributed by atoms with van der Waals surface area (Å²) in [6.45, 7) is -3.63. The Morgan fingerprint density at radius 1 is 1.12 bits per heavy atom. The van der Waals surface area contributed by atoms with Crippen molar-refractivity contribution in [1.82, 2.24) is 0 Å². The van der Waals surface area contributed by atoms with Crippen molar-refractivity contribution in [3.63, 3.8) is 0 Å². The predicted molar refractivity (Wildman–Crippen MR) is 86.1 cm³/mol. The Labute approximate surface area is 144 Å². The first kappa shape index (κ1) is 17.9. The van der Waals surface area contributed by atoms with E-state index >= 15 is 0 Å². The van der Waals surface area contributed by atoms with Gasteiger partial charge in [-0.05, 0) is 30.3 Å². The summed E-state index contributed by atoms with van der Waals surface area (Å²) >= 11 is 3.26. The van der Waals surface area contributed by atoms with Crippen LogP contribution >= 0.6 is 15.9 Å². The van der Waals surface area contributed by atoms with E-state index in [-0.39, 0.29) is 11.3 Å². The van der Waals surface area contributed by atoms with Gasteiger partial charge in [0, 0.05) is 10.2 Å². The summed E-state index contributed by atoms with van der Waals surface area (Å²) in [4.78, 5) is 23.7. The molecule has 2 aromatic carbocycles.